The molecular weight excluding hydrogens is 391 g/mol. The molecule has 4 aromatic rings. The zero-order valence-electron chi connectivity index (χ0n) is 17.4. The van der Waals surface area contributed by atoms with Gasteiger partial charge in [-0.2, -0.15) is 0 Å². The molecule has 3 N–H and O–H groups in total. The number of hydrogen-bond acceptors (Lipinski definition) is 5. The summed E-state index contributed by atoms with van der Waals surface area (Å²) in [5, 5.41) is 4.02. The van der Waals surface area contributed by atoms with Crippen LogP contribution in [0.3, 0.4) is 0 Å². The zero-order valence-corrected chi connectivity index (χ0v) is 17.4. The van der Waals surface area contributed by atoms with E-state index in [0.717, 1.165) is 27.8 Å². The van der Waals surface area contributed by atoms with Crippen LogP contribution in [-0.2, 0) is 6.54 Å². The summed E-state index contributed by atoms with van der Waals surface area (Å²) in [6, 6.07) is 16.2. The fourth-order valence-corrected chi connectivity index (χ4v) is 3.55. The van der Waals surface area contributed by atoms with Crippen LogP contribution < -0.4 is 11.1 Å². The Balaban J connectivity index is 1.60. The first kappa shape index (κ1) is 20.5. The van der Waals surface area contributed by atoms with E-state index in [1.165, 1.54) is 6.07 Å². The molecule has 0 radical (unpaired) electrons. The first-order valence-electron chi connectivity index (χ1n) is 10.1. The average Bonchev–Trinajstić information content (AvgIpc) is 2.78. The summed E-state index contributed by atoms with van der Waals surface area (Å²) in [5.74, 6) is 0.263. The van der Waals surface area contributed by atoms with Crippen molar-refractivity contribution in [3.63, 3.8) is 0 Å². The van der Waals surface area contributed by atoms with Crippen LogP contribution in [0.1, 0.15) is 34.8 Å². The number of nitrogen functional groups attached to an aromatic ring is 1. The van der Waals surface area contributed by atoms with Crippen molar-refractivity contribution in [2.75, 3.05) is 11.1 Å². The predicted molar refractivity (Wildman–Crippen MR) is 122 cm³/mol. The number of benzene rings is 2. The summed E-state index contributed by atoms with van der Waals surface area (Å²) in [6.07, 6.45) is 2.11. The lowest BCUT2D eigenvalue weighted by molar-refractivity contribution is 0.0987. The van der Waals surface area contributed by atoms with Crippen molar-refractivity contribution in [3.8, 4) is 11.3 Å². The lowest BCUT2D eigenvalue weighted by Gasteiger charge is -2.12. The highest BCUT2D eigenvalue weighted by Crippen LogP contribution is 2.26. The van der Waals surface area contributed by atoms with Crippen molar-refractivity contribution < 1.29 is 9.18 Å². The Bertz CT molecular complexity index is 1290. The van der Waals surface area contributed by atoms with Crippen LogP contribution in [0.15, 0.2) is 60.8 Å². The highest BCUT2D eigenvalue weighted by molar-refractivity contribution is 5.97. The first-order chi connectivity index (χ1) is 15.0. The molecule has 156 valence electrons. The van der Waals surface area contributed by atoms with Gasteiger partial charge >= 0.3 is 0 Å². The topological polar surface area (TPSA) is 80.9 Å². The summed E-state index contributed by atoms with van der Waals surface area (Å²) < 4.78 is 14.5. The summed E-state index contributed by atoms with van der Waals surface area (Å²) >= 11 is 0. The van der Waals surface area contributed by atoms with Crippen LogP contribution in [0.2, 0.25) is 0 Å². The Labute approximate surface area is 180 Å². The molecule has 2 aromatic heterocycles. The molecule has 0 spiro atoms. The minimum atomic E-state index is -0.333. The number of Topliss-reactive ketones (excluding diaryl/α,β-unsaturated/α-hetero) is 1. The monoisotopic (exact) mass is 414 g/mol. The molecule has 2 heterocycles. The second-order valence-corrected chi connectivity index (χ2v) is 7.43. The van der Waals surface area contributed by atoms with Crippen LogP contribution >= 0.6 is 0 Å². The molecule has 0 fully saturated rings. The lowest BCUT2D eigenvalue weighted by Crippen LogP contribution is -2.07. The van der Waals surface area contributed by atoms with Gasteiger partial charge in [-0.3, -0.25) is 9.78 Å². The third kappa shape index (κ3) is 4.23. The number of carbonyl (C=O) groups excluding carboxylic acids is 1. The largest absolute Gasteiger partial charge is 0.396 e. The van der Waals surface area contributed by atoms with Crippen molar-refractivity contribution in [2.24, 2.45) is 0 Å². The molecule has 2 aromatic carbocycles. The molecule has 0 saturated heterocycles. The number of nitrogens with one attached hydrogen (secondary N) is 1. The molecule has 0 aliphatic heterocycles. The molecular formula is C25H23FN4O. The number of nitrogens with zero attached hydrogens (tertiary/aromatic N) is 2. The predicted octanol–water partition coefficient (Wildman–Crippen LogP) is 5.53. The number of aromatic nitrogens is 2. The summed E-state index contributed by atoms with van der Waals surface area (Å²) in [6.45, 7) is 4.00. The molecule has 0 atom stereocenters. The maximum absolute atomic E-state index is 14.5. The Morgan fingerprint density at radius 3 is 2.74 bits per heavy atom. The minimum Gasteiger partial charge on any atom is -0.396 e. The van der Waals surface area contributed by atoms with Gasteiger partial charge in [-0.1, -0.05) is 25.1 Å². The van der Waals surface area contributed by atoms with E-state index >= 15 is 0 Å². The number of pyridine rings is 2. The number of halogens is 1. The van der Waals surface area contributed by atoms with Gasteiger partial charge in [0.05, 0.1) is 16.9 Å². The highest BCUT2D eigenvalue weighted by atomic mass is 19.1. The Morgan fingerprint density at radius 2 is 1.97 bits per heavy atom. The van der Waals surface area contributed by atoms with Gasteiger partial charge in [-0.15, -0.1) is 0 Å². The molecule has 0 aliphatic rings. The van der Waals surface area contributed by atoms with Crippen LogP contribution in [0.4, 0.5) is 15.9 Å². The third-order valence-electron chi connectivity index (χ3n) is 5.29. The maximum Gasteiger partial charge on any atom is 0.162 e. The Morgan fingerprint density at radius 1 is 1.13 bits per heavy atom. The van der Waals surface area contributed by atoms with E-state index in [1.807, 2.05) is 50.2 Å². The fraction of sp³-hybridized carbons (Fsp3) is 0.160. The van der Waals surface area contributed by atoms with Crippen molar-refractivity contribution in [3.05, 3.63) is 83.3 Å². The van der Waals surface area contributed by atoms with Gasteiger partial charge in [0.25, 0.3) is 0 Å². The molecule has 0 saturated carbocycles. The van der Waals surface area contributed by atoms with Gasteiger partial charge in [0, 0.05) is 47.3 Å². The van der Waals surface area contributed by atoms with Crippen molar-refractivity contribution in [1.82, 2.24) is 9.97 Å². The third-order valence-corrected chi connectivity index (χ3v) is 5.29. The van der Waals surface area contributed by atoms with Gasteiger partial charge in [0.15, 0.2) is 5.78 Å². The number of nitrogens with two attached hydrogens (primary N) is 1. The standard InChI is InChI=1S/C25H23FN4O/c1-3-24(31)19-7-6-17(11-15(19)2)22-9-8-21(27)25(30-22)29-14-18-12-16-5-4-10-28-23(16)13-20(18)26/h4-13H,3,14,27H2,1-2H3,(H,29,30). The molecule has 31 heavy (non-hydrogen) atoms. The van der Waals surface area contributed by atoms with Crippen LogP contribution in [-0.4, -0.2) is 15.8 Å². The van der Waals surface area contributed by atoms with E-state index in [9.17, 15) is 9.18 Å². The maximum atomic E-state index is 14.5. The Kier molecular flexibility index (Phi) is 5.62. The molecule has 0 amide bonds. The number of ketones is 1. The van der Waals surface area contributed by atoms with Crippen molar-refractivity contribution in [2.45, 2.75) is 26.8 Å². The second kappa shape index (κ2) is 8.52. The van der Waals surface area contributed by atoms with Gasteiger partial charge in [-0.25, -0.2) is 9.37 Å². The molecule has 0 bridgehead atoms. The quantitative estimate of drug-likeness (QED) is 0.405. The number of hydrogen-bond donors (Lipinski definition) is 2. The fourth-order valence-electron chi connectivity index (χ4n) is 3.55. The number of carbonyl (C=O) groups is 1. The van der Waals surface area contributed by atoms with Gasteiger partial charge in [0.1, 0.15) is 11.6 Å². The smallest absolute Gasteiger partial charge is 0.162 e. The summed E-state index contributed by atoms with van der Waals surface area (Å²) in [5.41, 5.74) is 10.9. The summed E-state index contributed by atoms with van der Waals surface area (Å²) in [4.78, 5) is 20.8. The lowest BCUT2D eigenvalue weighted by atomic mass is 9.99. The van der Waals surface area contributed by atoms with Crippen LogP contribution in [0, 0.1) is 12.7 Å². The molecule has 0 unspecified atom stereocenters. The van der Waals surface area contributed by atoms with Crippen molar-refractivity contribution >= 4 is 28.2 Å². The van der Waals surface area contributed by atoms with E-state index in [1.54, 1.807) is 18.3 Å². The molecule has 5 nitrogen and oxygen atoms in total. The SMILES string of the molecule is CCC(=O)c1ccc(-c2ccc(N)c(NCc3cc4cccnc4cc3F)n2)cc1C. The van der Waals surface area contributed by atoms with Crippen LogP contribution in [0.25, 0.3) is 22.2 Å². The van der Waals surface area contributed by atoms with Gasteiger partial charge in [-0.05, 0) is 42.8 Å². The molecule has 4 rings (SSSR count). The Hall–Kier alpha value is -3.80. The number of anilines is 2. The summed E-state index contributed by atoms with van der Waals surface area (Å²) in [7, 11) is 0. The normalized spacial score (nSPS) is 10.9. The zero-order chi connectivity index (χ0) is 22.0. The van der Waals surface area contributed by atoms with Gasteiger partial charge in [0.2, 0.25) is 0 Å². The number of fused-ring (bicyclic) bond motifs is 1. The number of aryl methyl sites for hydroxylation is 1. The number of rotatable bonds is 6. The second-order valence-electron chi connectivity index (χ2n) is 7.43. The van der Waals surface area contributed by atoms with E-state index in [-0.39, 0.29) is 18.1 Å². The molecule has 0 aliphatic carbocycles. The van der Waals surface area contributed by atoms with Gasteiger partial charge < -0.3 is 11.1 Å². The molecule has 6 heteroatoms. The van der Waals surface area contributed by atoms with E-state index in [0.29, 0.717) is 29.0 Å². The first-order valence-corrected chi connectivity index (χ1v) is 10.1. The van der Waals surface area contributed by atoms with Crippen LogP contribution in [0.5, 0.6) is 0 Å². The van der Waals surface area contributed by atoms with E-state index in [2.05, 4.69) is 15.3 Å². The van der Waals surface area contributed by atoms with Crippen molar-refractivity contribution in [1.29, 1.82) is 0 Å². The highest BCUT2D eigenvalue weighted by Gasteiger charge is 2.11. The van der Waals surface area contributed by atoms with E-state index < -0.39 is 0 Å². The van der Waals surface area contributed by atoms with E-state index in [4.69, 9.17) is 5.73 Å². The minimum absolute atomic E-state index is 0.115. The average molecular weight is 414 g/mol.